The van der Waals surface area contributed by atoms with E-state index in [0.29, 0.717) is 5.02 Å². The van der Waals surface area contributed by atoms with E-state index in [2.05, 4.69) is 5.32 Å². The first kappa shape index (κ1) is 12.9. The first-order valence-electron chi connectivity index (χ1n) is 6.87. The number of rotatable bonds is 3. The summed E-state index contributed by atoms with van der Waals surface area (Å²) in [7, 11) is 0. The summed E-state index contributed by atoms with van der Waals surface area (Å²) in [6, 6.07) is 7.66. The van der Waals surface area contributed by atoms with Crippen LogP contribution < -0.4 is 5.32 Å². The van der Waals surface area contributed by atoms with Gasteiger partial charge >= 0.3 is 0 Å². The van der Waals surface area contributed by atoms with E-state index in [1.807, 2.05) is 24.3 Å². The summed E-state index contributed by atoms with van der Waals surface area (Å²) >= 11 is 5.89. The van der Waals surface area contributed by atoms with E-state index in [0.717, 1.165) is 37.7 Å². The first-order chi connectivity index (χ1) is 9.11. The van der Waals surface area contributed by atoms with E-state index >= 15 is 0 Å². The Morgan fingerprint density at radius 3 is 2.47 bits per heavy atom. The van der Waals surface area contributed by atoms with Crippen LogP contribution in [0, 0.1) is 5.92 Å². The van der Waals surface area contributed by atoms with Crippen LogP contribution in [0.3, 0.4) is 0 Å². The van der Waals surface area contributed by atoms with Gasteiger partial charge in [-0.3, -0.25) is 4.79 Å². The Hall–Kier alpha value is -1.06. The van der Waals surface area contributed by atoms with Gasteiger partial charge in [0.05, 0.1) is 17.6 Å². The van der Waals surface area contributed by atoms with Crippen molar-refractivity contribution in [3.8, 4) is 0 Å². The molecule has 2 saturated carbocycles. The lowest BCUT2D eigenvalue weighted by atomic mass is 10.0. The van der Waals surface area contributed by atoms with Crippen molar-refractivity contribution in [2.45, 2.75) is 43.7 Å². The maximum absolute atomic E-state index is 12.3. The predicted molar refractivity (Wildman–Crippen MR) is 73.9 cm³/mol. The van der Waals surface area contributed by atoms with Gasteiger partial charge in [0.1, 0.15) is 0 Å². The fourth-order valence-corrected chi connectivity index (χ4v) is 3.08. The first-order valence-corrected chi connectivity index (χ1v) is 7.25. The Morgan fingerprint density at radius 1 is 1.26 bits per heavy atom. The molecule has 2 unspecified atom stereocenters. The van der Waals surface area contributed by atoms with E-state index in [4.69, 9.17) is 11.6 Å². The predicted octanol–water partition coefficient (Wildman–Crippen LogP) is 2.61. The van der Waals surface area contributed by atoms with Crippen LogP contribution in [0.1, 0.15) is 37.7 Å². The molecule has 0 aromatic heterocycles. The highest BCUT2D eigenvalue weighted by Gasteiger charge is 2.47. The van der Waals surface area contributed by atoms with Crippen molar-refractivity contribution in [3.63, 3.8) is 0 Å². The average Bonchev–Trinajstić information content (AvgIpc) is 3.03. The highest BCUT2D eigenvalue weighted by molar-refractivity contribution is 6.30. The molecule has 2 aliphatic rings. The zero-order chi connectivity index (χ0) is 13.5. The summed E-state index contributed by atoms with van der Waals surface area (Å²) in [5.41, 5.74) is 0.891. The van der Waals surface area contributed by atoms with Crippen LogP contribution in [0.2, 0.25) is 5.02 Å². The van der Waals surface area contributed by atoms with Crippen LogP contribution in [0.4, 0.5) is 0 Å². The number of halogens is 1. The molecule has 2 fully saturated rings. The Balaban J connectivity index is 1.72. The molecule has 102 valence electrons. The lowest BCUT2D eigenvalue weighted by Gasteiger charge is -2.22. The van der Waals surface area contributed by atoms with Crippen LogP contribution in [0.15, 0.2) is 24.3 Å². The number of aliphatic hydroxyl groups excluding tert-OH is 1. The van der Waals surface area contributed by atoms with E-state index in [1.165, 1.54) is 0 Å². The Kier molecular flexibility index (Phi) is 3.27. The molecular weight excluding hydrogens is 262 g/mol. The molecule has 2 N–H and O–H groups in total. The number of hydrogen-bond acceptors (Lipinski definition) is 2. The highest BCUT2D eigenvalue weighted by Crippen LogP contribution is 2.46. The molecule has 2 atom stereocenters. The van der Waals surface area contributed by atoms with Gasteiger partial charge in [-0.1, -0.05) is 23.7 Å². The van der Waals surface area contributed by atoms with Crippen LogP contribution in [-0.4, -0.2) is 17.1 Å². The number of aliphatic hydroxyl groups is 1. The number of benzene rings is 1. The van der Waals surface area contributed by atoms with Gasteiger partial charge in [-0.15, -0.1) is 0 Å². The average molecular weight is 280 g/mol. The second kappa shape index (κ2) is 4.80. The van der Waals surface area contributed by atoms with Gasteiger partial charge in [0, 0.05) is 5.02 Å². The third kappa shape index (κ3) is 2.49. The van der Waals surface area contributed by atoms with Crippen molar-refractivity contribution in [2.24, 2.45) is 5.92 Å². The lowest BCUT2D eigenvalue weighted by molar-refractivity contribution is -0.128. The quantitative estimate of drug-likeness (QED) is 0.894. The highest BCUT2D eigenvalue weighted by atomic mass is 35.5. The SMILES string of the molecule is O=C(NC1(c2ccc(Cl)cc2)CC1)C1CCCC1O. The van der Waals surface area contributed by atoms with Gasteiger partial charge < -0.3 is 10.4 Å². The van der Waals surface area contributed by atoms with Crippen LogP contribution in [-0.2, 0) is 10.3 Å². The largest absolute Gasteiger partial charge is 0.392 e. The van der Waals surface area contributed by atoms with E-state index < -0.39 is 6.10 Å². The zero-order valence-corrected chi connectivity index (χ0v) is 11.5. The number of amides is 1. The fraction of sp³-hybridized carbons (Fsp3) is 0.533. The summed E-state index contributed by atoms with van der Waals surface area (Å²) < 4.78 is 0. The normalized spacial score (nSPS) is 28.1. The van der Waals surface area contributed by atoms with Gasteiger partial charge in [0.15, 0.2) is 0 Å². The number of carbonyl (C=O) groups excluding carboxylic acids is 1. The number of hydrogen-bond donors (Lipinski definition) is 2. The molecule has 0 spiro atoms. The molecule has 1 aromatic rings. The summed E-state index contributed by atoms with van der Waals surface area (Å²) in [6.45, 7) is 0. The molecule has 2 aliphatic carbocycles. The second-order valence-corrected chi connectivity index (χ2v) is 6.12. The molecule has 1 aromatic carbocycles. The smallest absolute Gasteiger partial charge is 0.226 e. The van der Waals surface area contributed by atoms with Crippen LogP contribution in [0.5, 0.6) is 0 Å². The molecular formula is C15H18ClNO2. The second-order valence-electron chi connectivity index (χ2n) is 5.68. The minimum Gasteiger partial charge on any atom is -0.392 e. The summed E-state index contributed by atoms with van der Waals surface area (Å²) in [5, 5.41) is 13.6. The number of nitrogens with one attached hydrogen (secondary N) is 1. The third-order valence-electron chi connectivity index (χ3n) is 4.33. The number of carbonyl (C=O) groups is 1. The molecule has 1 amide bonds. The Morgan fingerprint density at radius 2 is 1.95 bits per heavy atom. The Labute approximate surface area is 118 Å². The van der Waals surface area contributed by atoms with Crippen molar-refractivity contribution < 1.29 is 9.90 Å². The van der Waals surface area contributed by atoms with Gasteiger partial charge in [0.2, 0.25) is 5.91 Å². The molecule has 0 radical (unpaired) electrons. The maximum atomic E-state index is 12.3. The summed E-state index contributed by atoms with van der Waals surface area (Å²) in [6.07, 6.45) is 3.93. The minimum absolute atomic E-state index is 0.00236. The van der Waals surface area contributed by atoms with E-state index in [9.17, 15) is 9.90 Å². The Bertz CT molecular complexity index is 481. The van der Waals surface area contributed by atoms with Crippen LogP contribution >= 0.6 is 11.6 Å². The van der Waals surface area contributed by atoms with E-state index in [1.54, 1.807) is 0 Å². The van der Waals surface area contributed by atoms with E-state index in [-0.39, 0.29) is 17.4 Å². The van der Waals surface area contributed by atoms with Gasteiger partial charge in [0.25, 0.3) is 0 Å². The zero-order valence-electron chi connectivity index (χ0n) is 10.7. The van der Waals surface area contributed by atoms with Crippen LogP contribution in [0.25, 0.3) is 0 Å². The molecule has 0 heterocycles. The topological polar surface area (TPSA) is 49.3 Å². The van der Waals surface area contributed by atoms with Gasteiger partial charge in [-0.05, 0) is 49.8 Å². The molecule has 0 bridgehead atoms. The monoisotopic (exact) mass is 279 g/mol. The standard InChI is InChI=1S/C15H18ClNO2/c16-11-6-4-10(5-7-11)15(8-9-15)17-14(19)12-2-1-3-13(12)18/h4-7,12-13,18H,1-3,8-9H2,(H,17,19). The minimum atomic E-state index is -0.471. The fourth-order valence-electron chi connectivity index (χ4n) is 2.95. The van der Waals surface area contributed by atoms with Crippen molar-refractivity contribution in [2.75, 3.05) is 0 Å². The molecule has 0 aliphatic heterocycles. The van der Waals surface area contributed by atoms with Crippen molar-refractivity contribution in [1.82, 2.24) is 5.32 Å². The molecule has 3 nitrogen and oxygen atoms in total. The van der Waals surface area contributed by atoms with Gasteiger partial charge in [-0.2, -0.15) is 0 Å². The molecule has 19 heavy (non-hydrogen) atoms. The molecule has 4 heteroatoms. The maximum Gasteiger partial charge on any atom is 0.226 e. The van der Waals surface area contributed by atoms with Crippen molar-refractivity contribution >= 4 is 17.5 Å². The van der Waals surface area contributed by atoms with Crippen molar-refractivity contribution in [3.05, 3.63) is 34.9 Å². The molecule has 3 rings (SSSR count). The van der Waals surface area contributed by atoms with Crippen molar-refractivity contribution in [1.29, 1.82) is 0 Å². The third-order valence-corrected chi connectivity index (χ3v) is 4.58. The molecule has 0 saturated heterocycles. The van der Waals surface area contributed by atoms with Gasteiger partial charge in [-0.25, -0.2) is 0 Å². The lowest BCUT2D eigenvalue weighted by Crippen LogP contribution is -2.41. The summed E-state index contributed by atoms with van der Waals surface area (Å²) in [5.74, 6) is -0.234. The summed E-state index contributed by atoms with van der Waals surface area (Å²) in [4.78, 5) is 12.3.